The first kappa shape index (κ1) is 121. The average molecular weight is 2160 g/mol. The highest BCUT2D eigenvalue weighted by molar-refractivity contribution is 5.89. The average Bonchev–Trinajstić information content (AvgIpc) is 0.746. The lowest BCUT2D eigenvalue weighted by atomic mass is 9.33. The molecule has 9 aliphatic heterocycles. The monoisotopic (exact) mass is 2160 g/mol. The first-order valence-electron chi connectivity index (χ1n) is 51.8. The minimum Gasteiger partial charge on any atom is -0.458 e. The topological polar surface area (TPSA) is 762 Å². The molecule has 0 unspecified atom stereocenters. The molecule has 150 heavy (non-hydrogen) atoms. The summed E-state index contributed by atoms with van der Waals surface area (Å²) in [5, 5.41) is 290. The van der Waals surface area contributed by atoms with Crippen molar-refractivity contribution in [2.45, 2.75) is 455 Å². The van der Waals surface area contributed by atoms with Crippen LogP contribution in [0.15, 0.2) is 60.3 Å². The Balaban J connectivity index is 0.732. The Kier molecular flexibility index (Phi) is 38.4. The van der Waals surface area contributed by atoms with Gasteiger partial charge in [0.1, 0.15) is 182 Å². The molecular formula is C101H160O49. The van der Waals surface area contributed by atoms with Gasteiger partial charge in [0, 0.05) is 17.4 Å². The Morgan fingerprint density at radius 1 is 0.427 bits per heavy atom. The summed E-state index contributed by atoms with van der Waals surface area (Å²) in [5.74, 6) is -4.82. The van der Waals surface area contributed by atoms with Crippen LogP contribution < -0.4 is 0 Å². The highest BCUT2D eigenvalue weighted by Gasteiger charge is 2.75. The van der Waals surface area contributed by atoms with E-state index in [0.29, 0.717) is 37.7 Å². The first-order valence-corrected chi connectivity index (χ1v) is 51.8. The number of carbonyl (C=O) groups is 3. The molecule has 14 aliphatic rings. The number of aliphatic hydroxyl groups is 26. The van der Waals surface area contributed by atoms with E-state index in [4.69, 9.17) is 94.7 Å². The van der Waals surface area contributed by atoms with Gasteiger partial charge in [-0.25, -0.2) is 9.59 Å². The summed E-state index contributed by atoms with van der Waals surface area (Å²) in [7, 11) is 0. The molecule has 4 saturated carbocycles. The minimum absolute atomic E-state index is 0.0333. The minimum atomic E-state index is -2.30. The van der Waals surface area contributed by atoms with Gasteiger partial charge in [-0.2, -0.15) is 0 Å². The van der Waals surface area contributed by atoms with Crippen molar-refractivity contribution in [2.24, 2.45) is 50.2 Å². The lowest BCUT2D eigenvalue weighted by molar-refractivity contribution is -0.390. The Morgan fingerprint density at radius 3 is 1.49 bits per heavy atom. The molecule has 9 saturated heterocycles. The fourth-order valence-corrected chi connectivity index (χ4v) is 25.4. The molecule has 0 amide bonds. The second kappa shape index (κ2) is 47.7. The van der Waals surface area contributed by atoms with Crippen LogP contribution in [0, 0.1) is 50.2 Å². The summed E-state index contributed by atoms with van der Waals surface area (Å²) in [6.07, 6.45) is -68.1. The Labute approximate surface area is 867 Å². The predicted octanol–water partition coefficient (Wildman–Crippen LogP) is -6.57. The van der Waals surface area contributed by atoms with Crippen molar-refractivity contribution in [3.63, 3.8) is 0 Å². The van der Waals surface area contributed by atoms with E-state index in [0.717, 1.165) is 0 Å². The van der Waals surface area contributed by atoms with Gasteiger partial charge in [0.05, 0.1) is 93.5 Å². The number of hydrogen-bond donors (Lipinski definition) is 26. The van der Waals surface area contributed by atoms with Crippen LogP contribution in [0.1, 0.15) is 167 Å². The van der Waals surface area contributed by atoms with E-state index >= 15 is 9.59 Å². The molecule has 26 N–H and O–H groups in total. The molecule has 858 valence electrons. The zero-order valence-electron chi connectivity index (χ0n) is 86.5. The molecule has 49 nitrogen and oxygen atoms in total. The van der Waals surface area contributed by atoms with Gasteiger partial charge in [-0.15, -0.1) is 13.2 Å². The van der Waals surface area contributed by atoms with Gasteiger partial charge < -0.3 is 228 Å². The van der Waals surface area contributed by atoms with Gasteiger partial charge in [-0.05, 0) is 152 Å². The third kappa shape index (κ3) is 23.3. The van der Waals surface area contributed by atoms with Crippen molar-refractivity contribution in [2.75, 3.05) is 46.2 Å². The van der Waals surface area contributed by atoms with E-state index in [1.807, 2.05) is 20.8 Å². The van der Waals surface area contributed by atoms with Gasteiger partial charge in [-0.3, -0.25) is 4.79 Å². The van der Waals surface area contributed by atoms with E-state index < -0.39 is 397 Å². The van der Waals surface area contributed by atoms with Gasteiger partial charge >= 0.3 is 17.9 Å². The van der Waals surface area contributed by atoms with Crippen molar-refractivity contribution in [1.29, 1.82) is 0 Å². The zero-order valence-corrected chi connectivity index (χ0v) is 86.5. The van der Waals surface area contributed by atoms with Gasteiger partial charge in [0.2, 0.25) is 6.29 Å². The maximum atomic E-state index is 16.9. The molecule has 5 aliphatic carbocycles. The Hall–Kier alpha value is -4.61. The van der Waals surface area contributed by atoms with E-state index in [9.17, 15) is 138 Å². The highest BCUT2D eigenvalue weighted by atomic mass is 16.8. The molecule has 0 radical (unpaired) electrons. The standard InChI is InChI=1S/C101H160O49/c1-16-96(11,149-89-75(126)66(117)58(109)41(4)134-89)26-18-20-40(3)82(128)143-81-69(120)59(110)42(5)135-92(81)150-97(12,17-2)27-19-21-44(33-102)83(129)141-57-32-101(93(130)148-91-80(70(121)63(114)50(35-104)139-91)147-88-76(127)78(145-87-74(125)67(118)62(113)49(34-103)137-87)77(43(6)136-88)144-86-72(123)64(115)51(36-105)138-86)46(30-94(57,7)8)45-22-23-54-98(13)28-25-56(95(9,10)53(98)24-29-99(54,14)100(45,15)31-55(101)108)142-85-73(124)68(119)65(116)52(140-85)39-133-90-79(61(112)48(107)38-132-90)146-84-71(122)60(111)47(106)37-131-84/h16-17,20-22,41-43,46-81,84-92,102-127H,1-2,18-19,23-39H2,3-15H3/b40-20+,44-21+/t41-,42-,43-,46+,47-,48-,49-,50-,51+,52-,53+,54-,55-,56+,57+,58-,59-,60+,61+,62-,63-,64+,65-,66+,67+,68+,69+,70+,71-,72-,73-,74-,75-,76-,77-,78-,79-,80-,81-,84+,85+,86+,87+,88+,89+,90+,91+,92+,96-,97-,98+,99-,100+,101+/m0/s1. The number of ether oxygens (including phenoxy) is 20. The second-order valence-corrected chi connectivity index (χ2v) is 45.7. The van der Waals surface area contributed by atoms with Crippen molar-refractivity contribution >= 4 is 17.9 Å². The molecule has 0 aromatic rings. The molecule has 54 atom stereocenters. The number of allylic oxidation sites excluding steroid dienone is 4. The molecule has 13 fully saturated rings. The van der Waals surface area contributed by atoms with E-state index in [2.05, 4.69) is 33.1 Å². The van der Waals surface area contributed by atoms with Crippen molar-refractivity contribution < 1.29 is 242 Å². The van der Waals surface area contributed by atoms with Crippen LogP contribution in [0.2, 0.25) is 0 Å². The smallest absolute Gasteiger partial charge is 0.336 e. The third-order valence-electron chi connectivity index (χ3n) is 35.3. The molecule has 0 spiro atoms. The molecular weight excluding hydrogens is 2000 g/mol. The maximum Gasteiger partial charge on any atom is 0.336 e. The predicted molar refractivity (Wildman–Crippen MR) is 503 cm³/mol. The quantitative estimate of drug-likeness (QED) is 0.00922. The molecule has 9 heterocycles. The number of hydrogen-bond acceptors (Lipinski definition) is 49. The van der Waals surface area contributed by atoms with Crippen LogP contribution in [0.3, 0.4) is 0 Å². The zero-order chi connectivity index (χ0) is 110. The third-order valence-corrected chi connectivity index (χ3v) is 35.3. The number of esters is 3. The Morgan fingerprint density at radius 2 is 0.893 bits per heavy atom. The summed E-state index contributed by atoms with van der Waals surface area (Å²) < 4.78 is 122. The van der Waals surface area contributed by atoms with E-state index in [1.54, 1.807) is 27.7 Å². The second-order valence-electron chi connectivity index (χ2n) is 45.7. The van der Waals surface area contributed by atoms with Crippen molar-refractivity contribution in [3.8, 4) is 0 Å². The molecule has 49 heteroatoms. The van der Waals surface area contributed by atoms with Crippen LogP contribution in [-0.2, 0) is 109 Å². The van der Waals surface area contributed by atoms with E-state index in [-0.39, 0.29) is 61.5 Å². The fraction of sp³-hybridized carbons (Fsp3) is 0.871. The molecule has 0 aromatic heterocycles. The van der Waals surface area contributed by atoms with Crippen LogP contribution in [0.5, 0.6) is 0 Å². The van der Waals surface area contributed by atoms with E-state index in [1.165, 1.54) is 52.0 Å². The normalized spacial score (nSPS) is 49.2. The summed E-state index contributed by atoms with van der Waals surface area (Å²) in [6, 6.07) is 0. The summed E-state index contributed by atoms with van der Waals surface area (Å²) >= 11 is 0. The Bertz CT molecular complexity index is 4630. The van der Waals surface area contributed by atoms with Gasteiger partial charge in [-0.1, -0.05) is 84.4 Å². The number of aliphatic hydroxyl groups excluding tert-OH is 26. The highest BCUT2D eigenvalue weighted by Crippen LogP contribution is 2.77. The number of fused-ring (bicyclic) bond motifs is 7. The lowest BCUT2D eigenvalue weighted by Crippen LogP contribution is -2.70. The number of carbonyl (C=O) groups excluding carboxylic acids is 3. The maximum absolute atomic E-state index is 16.9. The van der Waals surface area contributed by atoms with Crippen LogP contribution >= 0.6 is 0 Å². The first-order chi connectivity index (χ1) is 70.3. The van der Waals surface area contributed by atoms with Crippen LogP contribution in [0.25, 0.3) is 0 Å². The van der Waals surface area contributed by atoms with Gasteiger partial charge in [0.15, 0.2) is 62.5 Å². The summed E-state index contributed by atoms with van der Waals surface area (Å²) in [4.78, 5) is 46.1. The lowest BCUT2D eigenvalue weighted by Gasteiger charge is -2.72. The van der Waals surface area contributed by atoms with Crippen LogP contribution in [0.4, 0.5) is 0 Å². The molecule has 14 rings (SSSR count). The molecule has 0 aromatic carbocycles. The fourth-order valence-electron chi connectivity index (χ4n) is 25.4. The van der Waals surface area contributed by atoms with Crippen molar-refractivity contribution in [3.05, 3.63) is 60.3 Å². The van der Waals surface area contributed by atoms with Gasteiger partial charge in [0.25, 0.3) is 0 Å². The summed E-state index contributed by atoms with van der Waals surface area (Å²) in [5.41, 5.74) is -8.94. The summed E-state index contributed by atoms with van der Waals surface area (Å²) in [6.45, 7) is 25.4. The van der Waals surface area contributed by atoms with Crippen molar-refractivity contribution in [1.82, 2.24) is 0 Å². The molecule has 0 bridgehead atoms. The van der Waals surface area contributed by atoms with Crippen LogP contribution in [-0.4, -0.2) is 484 Å². The largest absolute Gasteiger partial charge is 0.458 e. The SMILES string of the molecule is C=C[C@@](C)(CC/C=C(\C)C(=O)O[C@@H]1[C@@H](O[C@@](C)(C=C)CC/C=C(\CO)C(=O)O[C@@H]2C[C@@]3(C(=O)O[C@H]4O[C@@H](CO)[C@H](O)[C@@H](O)[C@@H]4O[C@H]4O[C@@H](C)[C@H](O[C@H]5O[C@H](CO)[C@@H](O)[C@@H]5O)[C@@H](O[C@H]5O[C@@H](CO)[C@H](O)[C@@H](O)[C@@H]5O)[C@@H]4O)[C@H](CC2(C)C)C2=CC[C@H]4[C@]5(C)CC[C@@H](O[C@H]6O[C@@H](CO[C@H]7OC[C@H](O)[C@@H](O)[C@@H]7O[C@H]7OC[C@H](O)[C@@H](O)[C@@H]7O)[C@H](O)[C@@H](O)[C@@H]6O)C(C)(C)[C@H]5CC[C@]4(C)[C@]2(C)C[C@@H]3O)O[C@@H](C)[C@H](O)[C@H]1O)O[C@H]1O[C@@H](C)[C@H](O)[C@@H](O)[C@@H]1O. The number of rotatable bonds is 35.